The van der Waals surface area contributed by atoms with E-state index in [1.165, 1.54) is 0 Å². The number of methoxy groups -OCH3 is 2. The Morgan fingerprint density at radius 2 is 1.64 bits per heavy atom. The third-order valence-electron chi connectivity index (χ3n) is 5.29. The summed E-state index contributed by atoms with van der Waals surface area (Å²) in [5.41, 5.74) is 2.87. The molecule has 2 aromatic carbocycles. The number of rotatable bonds is 7. The van der Waals surface area contributed by atoms with Crippen molar-refractivity contribution in [2.75, 3.05) is 19.5 Å². The Bertz CT molecular complexity index is 903. The van der Waals surface area contributed by atoms with Crippen molar-refractivity contribution in [2.45, 2.75) is 33.2 Å². The quantitative estimate of drug-likeness (QED) is 0.720. The zero-order chi connectivity index (χ0) is 20.3. The Kier molecular flexibility index (Phi) is 5.58. The van der Waals surface area contributed by atoms with Gasteiger partial charge in [-0.15, -0.1) is 0 Å². The zero-order valence-electron chi connectivity index (χ0n) is 16.7. The third-order valence-corrected chi connectivity index (χ3v) is 5.29. The first kappa shape index (κ1) is 19.7. The summed E-state index contributed by atoms with van der Waals surface area (Å²) in [7, 11) is 3.14. The second kappa shape index (κ2) is 7.92. The normalized spacial score (nSPS) is 14.1. The fourth-order valence-corrected chi connectivity index (χ4v) is 3.09. The lowest BCUT2D eigenvalue weighted by molar-refractivity contribution is -0.134. The zero-order valence-corrected chi connectivity index (χ0v) is 16.7. The molecule has 0 saturated heterocycles. The molecule has 148 valence electrons. The monoisotopic (exact) mass is 382 g/mol. The van der Waals surface area contributed by atoms with E-state index in [1.807, 2.05) is 44.2 Å². The van der Waals surface area contributed by atoms with Crippen molar-refractivity contribution >= 4 is 17.5 Å². The lowest BCUT2D eigenvalue weighted by Gasteiger charge is -2.16. The SMILES string of the molecule is COc1ccc(CNC(=O)C2(C(=O)Nc3ccc(C)c(C)c3)CC2)cc1OC. The van der Waals surface area contributed by atoms with E-state index in [0.717, 1.165) is 16.7 Å². The maximum atomic E-state index is 12.7. The average Bonchev–Trinajstić information content (AvgIpc) is 3.50. The minimum absolute atomic E-state index is 0.247. The maximum absolute atomic E-state index is 12.7. The molecule has 1 aliphatic carbocycles. The van der Waals surface area contributed by atoms with E-state index < -0.39 is 5.41 Å². The predicted molar refractivity (Wildman–Crippen MR) is 108 cm³/mol. The van der Waals surface area contributed by atoms with Crippen molar-refractivity contribution in [3.8, 4) is 11.5 Å². The Morgan fingerprint density at radius 1 is 0.929 bits per heavy atom. The minimum atomic E-state index is -0.977. The number of benzene rings is 2. The second-order valence-corrected chi connectivity index (χ2v) is 7.21. The molecule has 0 radical (unpaired) electrons. The number of nitrogens with one attached hydrogen (secondary N) is 2. The van der Waals surface area contributed by atoms with Gasteiger partial charge in [-0.25, -0.2) is 0 Å². The highest BCUT2D eigenvalue weighted by Gasteiger charge is 2.56. The molecule has 3 rings (SSSR count). The van der Waals surface area contributed by atoms with Crippen LogP contribution in [0.3, 0.4) is 0 Å². The summed E-state index contributed by atoms with van der Waals surface area (Å²) in [5, 5.41) is 5.77. The van der Waals surface area contributed by atoms with Gasteiger partial charge in [0.15, 0.2) is 11.5 Å². The molecule has 0 bridgehead atoms. The Hall–Kier alpha value is -3.02. The average molecular weight is 382 g/mol. The summed E-state index contributed by atoms with van der Waals surface area (Å²) < 4.78 is 10.5. The molecule has 0 heterocycles. The van der Waals surface area contributed by atoms with Gasteiger partial charge >= 0.3 is 0 Å². The van der Waals surface area contributed by atoms with Crippen LogP contribution in [0.5, 0.6) is 11.5 Å². The molecular weight excluding hydrogens is 356 g/mol. The molecule has 0 spiro atoms. The molecule has 2 amide bonds. The lowest BCUT2D eigenvalue weighted by atomic mass is 10.0. The van der Waals surface area contributed by atoms with Gasteiger partial charge in [0.1, 0.15) is 5.41 Å². The van der Waals surface area contributed by atoms with Gasteiger partial charge in [0.2, 0.25) is 11.8 Å². The van der Waals surface area contributed by atoms with Crippen LogP contribution in [-0.4, -0.2) is 26.0 Å². The van der Waals surface area contributed by atoms with Crippen molar-refractivity contribution in [2.24, 2.45) is 5.41 Å². The number of carbonyl (C=O) groups excluding carboxylic acids is 2. The van der Waals surface area contributed by atoms with Crippen LogP contribution in [0, 0.1) is 19.3 Å². The fraction of sp³-hybridized carbons (Fsp3) is 0.364. The lowest BCUT2D eigenvalue weighted by Crippen LogP contribution is -2.39. The van der Waals surface area contributed by atoms with E-state index in [2.05, 4.69) is 10.6 Å². The summed E-state index contributed by atoms with van der Waals surface area (Å²) in [5.74, 6) is 0.732. The number of amides is 2. The van der Waals surface area contributed by atoms with Crippen LogP contribution >= 0.6 is 0 Å². The number of ether oxygens (including phenoxy) is 2. The highest BCUT2D eigenvalue weighted by atomic mass is 16.5. The molecule has 0 aliphatic heterocycles. The first-order valence-corrected chi connectivity index (χ1v) is 9.27. The molecule has 1 aliphatic rings. The van der Waals surface area contributed by atoms with Crippen LogP contribution in [-0.2, 0) is 16.1 Å². The van der Waals surface area contributed by atoms with Gasteiger partial charge in [0.05, 0.1) is 14.2 Å². The van der Waals surface area contributed by atoms with E-state index in [4.69, 9.17) is 9.47 Å². The van der Waals surface area contributed by atoms with Crippen molar-refractivity contribution in [3.05, 3.63) is 53.1 Å². The highest BCUT2D eigenvalue weighted by molar-refractivity contribution is 6.13. The summed E-state index contributed by atoms with van der Waals surface area (Å²) >= 11 is 0. The van der Waals surface area contributed by atoms with Crippen molar-refractivity contribution in [1.29, 1.82) is 0 Å². The summed E-state index contributed by atoms with van der Waals surface area (Å²) in [6.07, 6.45) is 1.11. The topological polar surface area (TPSA) is 76.7 Å². The summed E-state index contributed by atoms with van der Waals surface area (Å²) in [6.45, 7) is 4.33. The van der Waals surface area contributed by atoms with E-state index in [1.54, 1.807) is 20.3 Å². The molecule has 2 N–H and O–H groups in total. The molecule has 0 aromatic heterocycles. The molecule has 28 heavy (non-hydrogen) atoms. The number of aryl methyl sites for hydroxylation is 2. The number of hydrogen-bond donors (Lipinski definition) is 2. The van der Waals surface area contributed by atoms with Crippen molar-refractivity contribution in [3.63, 3.8) is 0 Å². The van der Waals surface area contributed by atoms with Crippen LogP contribution in [0.4, 0.5) is 5.69 Å². The van der Waals surface area contributed by atoms with Gasteiger partial charge in [-0.3, -0.25) is 9.59 Å². The minimum Gasteiger partial charge on any atom is -0.493 e. The Balaban J connectivity index is 1.63. The van der Waals surface area contributed by atoms with Crippen LogP contribution in [0.15, 0.2) is 36.4 Å². The van der Waals surface area contributed by atoms with Gasteiger partial charge in [-0.05, 0) is 67.6 Å². The van der Waals surface area contributed by atoms with Crippen LogP contribution < -0.4 is 20.1 Å². The third kappa shape index (κ3) is 3.96. The number of carbonyl (C=O) groups is 2. The first-order chi connectivity index (χ1) is 13.4. The smallest absolute Gasteiger partial charge is 0.240 e. The van der Waals surface area contributed by atoms with E-state index in [-0.39, 0.29) is 11.8 Å². The molecule has 1 saturated carbocycles. The van der Waals surface area contributed by atoms with E-state index in [0.29, 0.717) is 36.6 Å². The largest absolute Gasteiger partial charge is 0.493 e. The van der Waals surface area contributed by atoms with Crippen LogP contribution in [0.1, 0.15) is 29.5 Å². The van der Waals surface area contributed by atoms with Gasteiger partial charge in [0, 0.05) is 12.2 Å². The molecule has 0 unspecified atom stereocenters. The summed E-state index contributed by atoms with van der Waals surface area (Å²) in [4.78, 5) is 25.4. The van der Waals surface area contributed by atoms with Crippen molar-refractivity contribution in [1.82, 2.24) is 5.32 Å². The van der Waals surface area contributed by atoms with E-state index in [9.17, 15) is 9.59 Å². The number of hydrogen-bond acceptors (Lipinski definition) is 4. The highest BCUT2D eigenvalue weighted by Crippen LogP contribution is 2.47. The molecule has 2 aromatic rings. The fourth-order valence-electron chi connectivity index (χ4n) is 3.09. The molecule has 6 nitrogen and oxygen atoms in total. The second-order valence-electron chi connectivity index (χ2n) is 7.21. The van der Waals surface area contributed by atoms with Gasteiger partial charge < -0.3 is 20.1 Å². The predicted octanol–water partition coefficient (Wildman–Crippen LogP) is 3.36. The Morgan fingerprint density at radius 3 is 2.25 bits per heavy atom. The van der Waals surface area contributed by atoms with Gasteiger partial charge in [0.25, 0.3) is 0 Å². The van der Waals surface area contributed by atoms with Gasteiger partial charge in [-0.1, -0.05) is 12.1 Å². The standard InChI is InChI=1S/C22H26N2O4/c1-14-5-7-17(11-15(14)2)24-21(26)22(9-10-22)20(25)23-13-16-6-8-18(27-3)19(12-16)28-4/h5-8,11-12H,9-10,13H2,1-4H3,(H,23,25)(H,24,26). The molecule has 0 atom stereocenters. The maximum Gasteiger partial charge on any atom is 0.240 e. The summed E-state index contributed by atoms with van der Waals surface area (Å²) in [6, 6.07) is 11.2. The van der Waals surface area contributed by atoms with Gasteiger partial charge in [-0.2, -0.15) is 0 Å². The number of anilines is 1. The van der Waals surface area contributed by atoms with E-state index >= 15 is 0 Å². The van der Waals surface area contributed by atoms with Crippen LogP contribution in [0.2, 0.25) is 0 Å². The first-order valence-electron chi connectivity index (χ1n) is 9.27. The Labute approximate surface area is 165 Å². The molecular formula is C22H26N2O4. The molecule has 1 fully saturated rings. The van der Waals surface area contributed by atoms with Crippen molar-refractivity contribution < 1.29 is 19.1 Å². The molecule has 6 heteroatoms. The van der Waals surface area contributed by atoms with Crippen LogP contribution in [0.25, 0.3) is 0 Å².